The van der Waals surface area contributed by atoms with Crippen molar-refractivity contribution in [3.05, 3.63) is 23.8 Å². The molecule has 138 valence electrons. The average Bonchev–Trinajstić information content (AvgIpc) is 2.61. The van der Waals surface area contributed by atoms with Crippen molar-refractivity contribution < 1.29 is 27.4 Å². The highest BCUT2D eigenvalue weighted by Crippen LogP contribution is 2.32. The van der Waals surface area contributed by atoms with Crippen LogP contribution in [0.2, 0.25) is 0 Å². The lowest BCUT2D eigenvalue weighted by molar-refractivity contribution is -0.186. The quantitative estimate of drug-likeness (QED) is 0.827. The standard InChI is InChI=1S/C18H22F3NO3/c19-18(20,21)17(23)22-8-6-13(7-9-22)2-1-3-14-4-5-15-16(12-14)25-11-10-24-15/h4-5,12-13H,1-3,6-11H2. The van der Waals surface area contributed by atoms with Gasteiger partial charge in [-0.25, -0.2) is 0 Å². The lowest BCUT2D eigenvalue weighted by Gasteiger charge is -2.32. The minimum Gasteiger partial charge on any atom is -0.486 e. The Morgan fingerprint density at radius 3 is 2.48 bits per heavy atom. The summed E-state index contributed by atoms with van der Waals surface area (Å²) in [4.78, 5) is 12.1. The highest BCUT2D eigenvalue weighted by Gasteiger charge is 2.43. The van der Waals surface area contributed by atoms with E-state index in [0.717, 1.165) is 35.7 Å². The van der Waals surface area contributed by atoms with Crippen LogP contribution in [0, 0.1) is 5.92 Å². The zero-order valence-electron chi connectivity index (χ0n) is 14.0. The van der Waals surface area contributed by atoms with Gasteiger partial charge < -0.3 is 14.4 Å². The van der Waals surface area contributed by atoms with Crippen LogP contribution in [0.1, 0.15) is 31.2 Å². The molecule has 0 radical (unpaired) electrons. The third kappa shape index (κ3) is 4.58. The molecule has 0 aliphatic carbocycles. The van der Waals surface area contributed by atoms with Crippen LogP contribution in [-0.2, 0) is 11.2 Å². The summed E-state index contributed by atoms with van der Waals surface area (Å²) in [7, 11) is 0. The van der Waals surface area contributed by atoms with E-state index in [4.69, 9.17) is 9.47 Å². The number of benzene rings is 1. The van der Waals surface area contributed by atoms with Gasteiger partial charge in [0.15, 0.2) is 11.5 Å². The molecule has 25 heavy (non-hydrogen) atoms. The van der Waals surface area contributed by atoms with Crippen LogP contribution in [0.4, 0.5) is 13.2 Å². The number of carbonyl (C=O) groups is 1. The third-order valence-corrected chi connectivity index (χ3v) is 4.83. The van der Waals surface area contributed by atoms with Gasteiger partial charge in [0.2, 0.25) is 0 Å². The summed E-state index contributed by atoms with van der Waals surface area (Å²) in [6.07, 6.45) is -0.644. The van der Waals surface area contributed by atoms with Crippen LogP contribution in [0.3, 0.4) is 0 Å². The zero-order valence-corrected chi connectivity index (χ0v) is 14.0. The maximum absolute atomic E-state index is 12.4. The number of piperidine rings is 1. The van der Waals surface area contributed by atoms with E-state index >= 15 is 0 Å². The summed E-state index contributed by atoms with van der Waals surface area (Å²) in [5.41, 5.74) is 1.17. The maximum Gasteiger partial charge on any atom is 0.471 e. The molecular formula is C18H22F3NO3. The predicted molar refractivity (Wildman–Crippen MR) is 85.7 cm³/mol. The second-order valence-electron chi connectivity index (χ2n) is 6.60. The number of amides is 1. The maximum atomic E-state index is 12.4. The fourth-order valence-corrected chi connectivity index (χ4v) is 3.44. The molecule has 3 rings (SSSR count). The Bertz CT molecular complexity index is 610. The summed E-state index contributed by atoms with van der Waals surface area (Å²) in [6, 6.07) is 5.95. The van der Waals surface area contributed by atoms with Crippen molar-refractivity contribution in [2.75, 3.05) is 26.3 Å². The lowest BCUT2D eigenvalue weighted by Crippen LogP contribution is -2.45. The number of rotatable bonds is 4. The average molecular weight is 357 g/mol. The molecule has 0 spiro atoms. The fourth-order valence-electron chi connectivity index (χ4n) is 3.44. The Labute approximate surface area is 144 Å². The van der Waals surface area contributed by atoms with Gasteiger partial charge in [-0.3, -0.25) is 4.79 Å². The van der Waals surface area contributed by atoms with Gasteiger partial charge >= 0.3 is 12.1 Å². The number of hydrogen-bond acceptors (Lipinski definition) is 3. The summed E-state index contributed by atoms with van der Waals surface area (Å²) in [6.45, 7) is 1.54. The van der Waals surface area contributed by atoms with E-state index < -0.39 is 12.1 Å². The van der Waals surface area contributed by atoms with Crippen molar-refractivity contribution in [2.24, 2.45) is 5.92 Å². The minimum absolute atomic E-state index is 0.201. The first-order chi connectivity index (χ1) is 11.9. The second kappa shape index (κ2) is 7.54. The number of hydrogen-bond donors (Lipinski definition) is 0. The van der Waals surface area contributed by atoms with E-state index in [9.17, 15) is 18.0 Å². The van der Waals surface area contributed by atoms with Crippen LogP contribution in [0.15, 0.2) is 18.2 Å². The van der Waals surface area contributed by atoms with Gasteiger partial charge in [-0.15, -0.1) is 0 Å². The zero-order chi connectivity index (χ0) is 17.9. The van der Waals surface area contributed by atoms with Gasteiger partial charge in [0, 0.05) is 13.1 Å². The Balaban J connectivity index is 1.41. The third-order valence-electron chi connectivity index (χ3n) is 4.83. The molecule has 2 aliphatic rings. The van der Waals surface area contributed by atoms with Crippen LogP contribution in [-0.4, -0.2) is 43.3 Å². The van der Waals surface area contributed by atoms with Crippen molar-refractivity contribution in [1.29, 1.82) is 0 Å². The minimum atomic E-state index is -4.76. The molecular weight excluding hydrogens is 335 g/mol. The first kappa shape index (κ1) is 17.9. The van der Waals surface area contributed by atoms with E-state index in [1.807, 2.05) is 18.2 Å². The molecule has 1 saturated heterocycles. The van der Waals surface area contributed by atoms with E-state index in [0.29, 0.717) is 32.0 Å². The predicted octanol–water partition coefficient (Wildman–Crippen LogP) is 3.58. The first-order valence-corrected chi connectivity index (χ1v) is 8.68. The highest BCUT2D eigenvalue weighted by atomic mass is 19.4. The molecule has 0 saturated carbocycles. The smallest absolute Gasteiger partial charge is 0.471 e. The van der Waals surface area contributed by atoms with E-state index in [2.05, 4.69) is 0 Å². The van der Waals surface area contributed by atoms with Crippen molar-refractivity contribution >= 4 is 5.91 Å². The molecule has 1 fully saturated rings. The van der Waals surface area contributed by atoms with Gasteiger partial charge in [-0.1, -0.05) is 6.07 Å². The molecule has 0 aromatic heterocycles. The molecule has 0 N–H and O–H groups in total. The van der Waals surface area contributed by atoms with Crippen molar-refractivity contribution in [2.45, 2.75) is 38.3 Å². The molecule has 2 heterocycles. The van der Waals surface area contributed by atoms with Crippen LogP contribution in [0.25, 0.3) is 0 Å². The molecule has 7 heteroatoms. The molecule has 2 aliphatic heterocycles. The molecule has 1 aromatic rings. The van der Waals surface area contributed by atoms with Crippen LogP contribution >= 0.6 is 0 Å². The number of ether oxygens (including phenoxy) is 2. The van der Waals surface area contributed by atoms with Crippen molar-refractivity contribution in [3.8, 4) is 11.5 Å². The number of likely N-dealkylation sites (tertiary alicyclic amines) is 1. The summed E-state index contributed by atoms with van der Waals surface area (Å²) < 4.78 is 48.4. The van der Waals surface area contributed by atoms with E-state index in [1.54, 1.807) is 0 Å². The largest absolute Gasteiger partial charge is 0.486 e. The second-order valence-corrected chi connectivity index (χ2v) is 6.60. The molecule has 0 unspecified atom stereocenters. The van der Waals surface area contributed by atoms with Gasteiger partial charge in [0.05, 0.1) is 0 Å². The highest BCUT2D eigenvalue weighted by molar-refractivity contribution is 5.81. The molecule has 0 atom stereocenters. The Morgan fingerprint density at radius 1 is 1.12 bits per heavy atom. The molecule has 1 aromatic carbocycles. The molecule has 4 nitrogen and oxygen atoms in total. The van der Waals surface area contributed by atoms with Crippen molar-refractivity contribution in [3.63, 3.8) is 0 Å². The monoisotopic (exact) mass is 357 g/mol. The van der Waals surface area contributed by atoms with Crippen LogP contribution < -0.4 is 9.47 Å². The van der Waals surface area contributed by atoms with Crippen molar-refractivity contribution in [1.82, 2.24) is 4.90 Å². The summed E-state index contributed by atoms with van der Waals surface area (Å²) >= 11 is 0. The number of carbonyl (C=O) groups excluding carboxylic acids is 1. The topological polar surface area (TPSA) is 38.8 Å². The summed E-state index contributed by atoms with van der Waals surface area (Å²) in [5.74, 6) is 0.233. The first-order valence-electron chi connectivity index (χ1n) is 8.68. The number of fused-ring (bicyclic) bond motifs is 1. The number of alkyl halides is 3. The Morgan fingerprint density at radius 2 is 1.80 bits per heavy atom. The molecule has 1 amide bonds. The van der Waals surface area contributed by atoms with Gasteiger partial charge in [0.1, 0.15) is 13.2 Å². The Kier molecular flexibility index (Phi) is 5.39. The number of halogens is 3. The number of nitrogens with zero attached hydrogens (tertiary/aromatic N) is 1. The SMILES string of the molecule is O=C(N1CCC(CCCc2ccc3c(c2)OCCO3)CC1)C(F)(F)F. The summed E-state index contributed by atoms with van der Waals surface area (Å²) in [5, 5.41) is 0. The van der Waals surface area contributed by atoms with Gasteiger partial charge in [-0.2, -0.15) is 13.2 Å². The van der Waals surface area contributed by atoms with Gasteiger partial charge in [0.25, 0.3) is 0 Å². The van der Waals surface area contributed by atoms with E-state index in [1.165, 1.54) is 5.56 Å². The normalized spacial score (nSPS) is 18.3. The van der Waals surface area contributed by atoms with E-state index in [-0.39, 0.29) is 13.1 Å². The number of aryl methyl sites for hydroxylation is 1. The lowest BCUT2D eigenvalue weighted by atomic mass is 9.90. The molecule has 0 bridgehead atoms. The van der Waals surface area contributed by atoms with Gasteiger partial charge in [-0.05, 0) is 55.7 Å². The Hall–Kier alpha value is -1.92. The fraction of sp³-hybridized carbons (Fsp3) is 0.611. The van der Waals surface area contributed by atoms with Crippen LogP contribution in [0.5, 0.6) is 11.5 Å².